The molecule has 1 N–H and O–H groups in total. The lowest BCUT2D eigenvalue weighted by Crippen LogP contribution is -2.31. The molecule has 3 rings (SSSR count). The number of hydrogen-bond donors (Lipinski definition) is 1. The molecule has 1 amide bonds. The van der Waals surface area contributed by atoms with Gasteiger partial charge in [0.15, 0.2) is 9.84 Å². The molecule has 1 atom stereocenters. The summed E-state index contributed by atoms with van der Waals surface area (Å²) < 4.78 is 26.4. The van der Waals surface area contributed by atoms with Gasteiger partial charge in [-0.1, -0.05) is 54.1 Å². The molecule has 134 valence electrons. The smallest absolute Gasteiger partial charge is 0.251 e. The van der Waals surface area contributed by atoms with E-state index in [1.807, 2.05) is 25.1 Å². The van der Waals surface area contributed by atoms with Crippen LogP contribution in [0.2, 0.25) is 0 Å². The van der Waals surface area contributed by atoms with Crippen LogP contribution in [0, 0.1) is 6.92 Å². The molecule has 1 aromatic heterocycles. The van der Waals surface area contributed by atoms with E-state index in [1.54, 1.807) is 53.9 Å². The molecule has 0 unspecified atom stereocenters. The first-order valence-corrected chi connectivity index (χ1v) is 10.6. The minimum absolute atomic E-state index is 0.0109. The van der Waals surface area contributed by atoms with Crippen molar-refractivity contribution in [3.8, 4) is 0 Å². The Balaban J connectivity index is 1.85. The maximum absolute atomic E-state index is 13.0. The van der Waals surface area contributed by atoms with E-state index in [4.69, 9.17) is 0 Å². The molecular weight excluding hydrogens is 366 g/mol. The number of amides is 1. The van der Waals surface area contributed by atoms with Crippen molar-refractivity contribution >= 4 is 27.1 Å². The van der Waals surface area contributed by atoms with Crippen molar-refractivity contribution in [2.75, 3.05) is 6.54 Å². The molecule has 0 bridgehead atoms. The highest BCUT2D eigenvalue weighted by Crippen LogP contribution is 2.31. The molecule has 0 saturated heterocycles. The second-order valence-electron chi connectivity index (χ2n) is 5.95. The summed E-state index contributed by atoms with van der Waals surface area (Å²) in [5.41, 5.74) is 2.23. The molecule has 4 nitrogen and oxygen atoms in total. The fraction of sp³-hybridized carbons (Fsp3) is 0.150. The third-order valence-corrected chi connectivity index (χ3v) is 7.62. The zero-order valence-corrected chi connectivity index (χ0v) is 15.9. The third-order valence-electron chi connectivity index (χ3n) is 4.08. The molecule has 3 aromatic rings. The van der Waals surface area contributed by atoms with E-state index in [0.717, 1.165) is 5.56 Å². The van der Waals surface area contributed by atoms with Gasteiger partial charge in [-0.05, 0) is 36.1 Å². The summed E-state index contributed by atoms with van der Waals surface area (Å²) in [6.07, 6.45) is 0. The van der Waals surface area contributed by atoms with Gasteiger partial charge in [0.2, 0.25) is 0 Å². The summed E-state index contributed by atoms with van der Waals surface area (Å²) in [6, 6.07) is 19.5. The highest BCUT2D eigenvalue weighted by atomic mass is 32.2. The molecule has 6 heteroatoms. The van der Waals surface area contributed by atoms with Crippen molar-refractivity contribution in [2.24, 2.45) is 0 Å². The molecule has 0 saturated carbocycles. The van der Waals surface area contributed by atoms with Crippen LogP contribution in [0.1, 0.15) is 26.7 Å². The van der Waals surface area contributed by atoms with Crippen LogP contribution in [0.4, 0.5) is 0 Å². The van der Waals surface area contributed by atoms with Crippen molar-refractivity contribution in [1.29, 1.82) is 0 Å². The number of rotatable bonds is 6. The zero-order valence-electron chi connectivity index (χ0n) is 14.3. The SMILES string of the molecule is Cc1ccc(C(=O)NC[C@@H](c2ccccc2)S(=O)(=O)c2cccs2)cc1. The second kappa shape index (κ2) is 7.85. The summed E-state index contributed by atoms with van der Waals surface area (Å²) in [5.74, 6) is -0.285. The number of benzene rings is 2. The van der Waals surface area contributed by atoms with E-state index >= 15 is 0 Å². The number of nitrogens with one attached hydrogen (secondary N) is 1. The van der Waals surface area contributed by atoms with Gasteiger partial charge in [0.05, 0.1) is 0 Å². The Labute approximate surface area is 157 Å². The van der Waals surface area contributed by atoms with E-state index in [1.165, 1.54) is 11.3 Å². The van der Waals surface area contributed by atoms with Gasteiger partial charge in [-0.15, -0.1) is 11.3 Å². The molecule has 26 heavy (non-hydrogen) atoms. The molecule has 0 aliphatic heterocycles. The standard InChI is InChI=1S/C20H19NO3S2/c1-15-9-11-17(12-10-15)20(22)21-14-18(16-6-3-2-4-7-16)26(23,24)19-8-5-13-25-19/h2-13,18H,14H2,1H3,(H,21,22)/t18-/m0/s1. The molecule has 0 aliphatic rings. The third kappa shape index (κ3) is 4.03. The normalized spacial score (nSPS) is 12.5. The van der Waals surface area contributed by atoms with Crippen molar-refractivity contribution in [3.63, 3.8) is 0 Å². The van der Waals surface area contributed by atoms with Gasteiger partial charge in [0, 0.05) is 12.1 Å². The van der Waals surface area contributed by atoms with Crippen LogP contribution < -0.4 is 5.32 Å². The summed E-state index contributed by atoms with van der Waals surface area (Å²) in [4.78, 5) is 12.4. The summed E-state index contributed by atoms with van der Waals surface area (Å²) in [5, 5.41) is 3.67. The van der Waals surface area contributed by atoms with E-state index in [0.29, 0.717) is 15.3 Å². The maximum atomic E-state index is 13.0. The highest BCUT2D eigenvalue weighted by molar-refractivity contribution is 7.93. The van der Waals surface area contributed by atoms with Crippen LogP contribution in [0.5, 0.6) is 0 Å². The Kier molecular flexibility index (Phi) is 5.54. The number of aryl methyl sites for hydroxylation is 1. The predicted molar refractivity (Wildman–Crippen MR) is 104 cm³/mol. The van der Waals surface area contributed by atoms with Gasteiger partial charge in [0.1, 0.15) is 9.46 Å². The van der Waals surface area contributed by atoms with Crippen molar-refractivity contribution in [1.82, 2.24) is 5.32 Å². The fourth-order valence-corrected chi connectivity index (χ4v) is 5.50. The first-order chi connectivity index (χ1) is 12.5. The molecule has 0 aliphatic carbocycles. The molecule has 0 fully saturated rings. The van der Waals surface area contributed by atoms with Crippen LogP contribution >= 0.6 is 11.3 Å². The Morgan fingerprint density at radius 3 is 2.31 bits per heavy atom. The van der Waals surface area contributed by atoms with E-state index in [2.05, 4.69) is 5.32 Å². The van der Waals surface area contributed by atoms with E-state index in [9.17, 15) is 13.2 Å². The summed E-state index contributed by atoms with van der Waals surface area (Å²) in [7, 11) is -3.59. The predicted octanol–water partition coefficient (Wildman–Crippen LogP) is 4.00. The first-order valence-electron chi connectivity index (χ1n) is 8.15. The lowest BCUT2D eigenvalue weighted by atomic mass is 10.1. The van der Waals surface area contributed by atoms with Gasteiger partial charge in [0.25, 0.3) is 5.91 Å². The number of sulfone groups is 1. The average molecular weight is 386 g/mol. The summed E-state index contributed by atoms with van der Waals surface area (Å²) >= 11 is 1.18. The monoisotopic (exact) mass is 385 g/mol. The van der Waals surface area contributed by atoms with Gasteiger partial charge in [-0.25, -0.2) is 8.42 Å². The Morgan fingerprint density at radius 1 is 1.00 bits per heavy atom. The average Bonchev–Trinajstić information content (AvgIpc) is 3.18. The Hall–Kier alpha value is -2.44. The van der Waals surface area contributed by atoms with Gasteiger partial charge in [-0.2, -0.15) is 0 Å². The Morgan fingerprint density at radius 2 is 1.69 bits per heavy atom. The van der Waals surface area contributed by atoms with Crippen LogP contribution in [-0.2, 0) is 9.84 Å². The zero-order chi connectivity index (χ0) is 18.6. The van der Waals surface area contributed by atoms with Crippen molar-refractivity contribution in [3.05, 3.63) is 88.8 Å². The fourth-order valence-electron chi connectivity index (χ4n) is 2.63. The van der Waals surface area contributed by atoms with E-state index < -0.39 is 15.1 Å². The number of carbonyl (C=O) groups excluding carboxylic acids is 1. The van der Waals surface area contributed by atoms with Gasteiger partial charge >= 0.3 is 0 Å². The largest absolute Gasteiger partial charge is 0.350 e. The summed E-state index contributed by atoms with van der Waals surface area (Å²) in [6.45, 7) is 1.96. The van der Waals surface area contributed by atoms with Crippen LogP contribution in [0.25, 0.3) is 0 Å². The maximum Gasteiger partial charge on any atom is 0.251 e. The Bertz CT molecular complexity index is 964. The first kappa shape index (κ1) is 18.4. The number of carbonyl (C=O) groups is 1. The molecular formula is C20H19NO3S2. The molecule has 1 heterocycles. The second-order valence-corrected chi connectivity index (χ2v) is 9.26. The minimum Gasteiger partial charge on any atom is -0.350 e. The highest BCUT2D eigenvalue weighted by Gasteiger charge is 2.30. The number of hydrogen-bond acceptors (Lipinski definition) is 4. The van der Waals surface area contributed by atoms with Gasteiger partial charge < -0.3 is 5.32 Å². The van der Waals surface area contributed by atoms with E-state index in [-0.39, 0.29) is 12.5 Å². The van der Waals surface area contributed by atoms with Crippen molar-refractivity contribution < 1.29 is 13.2 Å². The van der Waals surface area contributed by atoms with Crippen LogP contribution in [0.3, 0.4) is 0 Å². The number of thiophene rings is 1. The quantitative estimate of drug-likeness (QED) is 0.697. The lowest BCUT2D eigenvalue weighted by molar-refractivity contribution is 0.0953. The van der Waals surface area contributed by atoms with Crippen LogP contribution in [-0.4, -0.2) is 20.9 Å². The topological polar surface area (TPSA) is 63.2 Å². The lowest BCUT2D eigenvalue weighted by Gasteiger charge is -2.18. The van der Waals surface area contributed by atoms with Crippen molar-refractivity contribution in [2.45, 2.75) is 16.4 Å². The molecule has 0 radical (unpaired) electrons. The minimum atomic E-state index is -3.59. The van der Waals surface area contributed by atoms with Crippen LogP contribution in [0.15, 0.2) is 76.3 Å². The molecule has 2 aromatic carbocycles. The van der Waals surface area contributed by atoms with Gasteiger partial charge in [-0.3, -0.25) is 4.79 Å². The molecule has 0 spiro atoms.